The van der Waals surface area contributed by atoms with Crippen LogP contribution in [-0.2, 0) is 4.74 Å². The van der Waals surface area contributed by atoms with Gasteiger partial charge in [-0.05, 0) is 38.8 Å². The van der Waals surface area contributed by atoms with Crippen LogP contribution in [0.2, 0.25) is 0 Å². The highest BCUT2D eigenvalue weighted by Crippen LogP contribution is 2.20. The zero-order valence-corrected chi connectivity index (χ0v) is 11.3. The smallest absolute Gasteiger partial charge is 0.117 e. The molecule has 2 rings (SSSR count). The van der Waals surface area contributed by atoms with E-state index in [1.807, 2.05) is 0 Å². The van der Waals surface area contributed by atoms with Crippen LogP contribution in [0.1, 0.15) is 33.1 Å². The molecule has 2 saturated heterocycles. The molecular formula is C12H25ClN2O. The van der Waals surface area contributed by atoms with Gasteiger partial charge in [0.2, 0.25) is 0 Å². The molecule has 1 N–H and O–H groups in total. The minimum atomic E-state index is -0.0743. The highest BCUT2D eigenvalue weighted by molar-refractivity contribution is 5.85. The molecule has 96 valence electrons. The fourth-order valence-electron chi connectivity index (χ4n) is 2.36. The van der Waals surface area contributed by atoms with E-state index in [1.165, 1.54) is 32.5 Å². The molecule has 2 fully saturated rings. The van der Waals surface area contributed by atoms with E-state index in [0.717, 1.165) is 19.6 Å². The Balaban J connectivity index is 0.00000128. The summed E-state index contributed by atoms with van der Waals surface area (Å²) in [6, 6.07) is 0. The van der Waals surface area contributed by atoms with Gasteiger partial charge in [-0.25, -0.2) is 0 Å². The molecule has 0 amide bonds. The summed E-state index contributed by atoms with van der Waals surface area (Å²) in [6.07, 6.45) is 3.86. The molecule has 0 aromatic carbocycles. The van der Waals surface area contributed by atoms with Crippen molar-refractivity contribution >= 4 is 12.4 Å². The van der Waals surface area contributed by atoms with E-state index in [1.54, 1.807) is 0 Å². The van der Waals surface area contributed by atoms with E-state index in [-0.39, 0.29) is 18.1 Å². The van der Waals surface area contributed by atoms with E-state index < -0.39 is 0 Å². The van der Waals surface area contributed by atoms with Crippen LogP contribution in [0, 0.1) is 5.92 Å². The number of nitrogens with zero attached hydrogens (tertiary/aromatic N) is 1. The number of nitrogens with one attached hydrogen (secondary N) is 1. The van der Waals surface area contributed by atoms with E-state index >= 15 is 0 Å². The third kappa shape index (κ3) is 3.88. The number of rotatable bonds is 3. The van der Waals surface area contributed by atoms with Crippen molar-refractivity contribution in [2.24, 2.45) is 5.92 Å². The molecule has 0 aromatic rings. The fourth-order valence-corrected chi connectivity index (χ4v) is 2.36. The van der Waals surface area contributed by atoms with Gasteiger partial charge in [0.05, 0.1) is 6.61 Å². The Labute approximate surface area is 105 Å². The lowest BCUT2D eigenvalue weighted by Gasteiger charge is -2.38. The predicted octanol–water partition coefficient (Wildman–Crippen LogP) is 1.87. The highest BCUT2D eigenvalue weighted by Gasteiger charge is 2.30. The standard InChI is InChI=1S/C12H24N2O.ClH/c1-11-9-13-12(2,15-10-11)5-8-14-6-3-4-7-14;/h11,13H,3-10H2,1-2H3;1H. The van der Waals surface area contributed by atoms with Crippen molar-refractivity contribution in [1.82, 2.24) is 10.2 Å². The number of ether oxygens (including phenoxy) is 1. The molecule has 16 heavy (non-hydrogen) atoms. The summed E-state index contributed by atoms with van der Waals surface area (Å²) in [5, 5.41) is 3.52. The SMILES string of the molecule is CC1CNC(C)(CCN2CCCC2)OC1.Cl. The number of hydrogen-bond acceptors (Lipinski definition) is 3. The van der Waals surface area contributed by atoms with Crippen LogP contribution >= 0.6 is 12.4 Å². The summed E-state index contributed by atoms with van der Waals surface area (Å²) in [4.78, 5) is 2.55. The topological polar surface area (TPSA) is 24.5 Å². The molecule has 0 radical (unpaired) electrons. The molecule has 2 aliphatic rings. The maximum Gasteiger partial charge on any atom is 0.117 e. The molecular weight excluding hydrogens is 224 g/mol. The molecule has 2 aliphatic heterocycles. The molecule has 2 heterocycles. The lowest BCUT2D eigenvalue weighted by Crippen LogP contribution is -2.53. The van der Waals surface area contributed by atoms with Gasteiger partial charge in [0, 0.05) is 19.5 Å². The van der Waals surface area contributed by atoms with Gasteiger partial charge in [0.15, 0.2) is 0 Å². The van der Waals surface area contributed by atoms with Crippen LogP contribution in [0.5, 0.6) is 0 Å². The first-order valence-electron chi connectivity index (χ1n) is 6.29. The van der Waals surface area contributed by atoms with Crippen molar-refractivity contribution in [3.8, 4) is 0 Å². The van der Waals surface area contributed by atoms with Gasteiger partial charge >= 0.3 is 0 Å². The fraction of sp³-hybridized carbons (Fsp3) is 1.00. The molecule has 0 aliphatic carbocycles. The van der Waals surface area contributed by atoms with Crippen LogP contribution < -0.4 is 5.32 Å². The molecule has 0 bridgehead atoms. The summed E-state index contributed by atoms with van der Waals surface area (Å²) in [7, 11) is 0. The maximum absolute atomic E-state index is 5.90. The van der Waals surface area contributed by atoms with Gasteiger partial charge in [-0.2, -0.15) is 0 Å². The van der Waals surface area contributed by atoms with Crippen LogP contribution in [0.3, 0.4) is 0 Å². The van der Waals surface area contributed by atoms with Crippen molar-refractivity contribution in [2.75, 3.05) is 32.8 Å². The normalized spacial score (nSPS) is 36.0. The van der Waals surface area contributed by atoms with Gasteiger partial charge in [-0.15, -0.1) is 12.4 Å². The van der Waals surface area contributed by atoms with Crippen LogP contribution in [0.25, 0.3) is 0 Å². The number of likely N-dealkylation sites (tertiary alicyclic amines) is 1. The first-order chi connectivity index (χ1) is 7.18. The average molecular weight is 249 g/mol. The molecule has 0 spiro atoms. The lowest BCUT2D eigenvalue weighted by atomic mass is 10.1. The maximum atomic E-state index is 5.90. The Morgan fingerprint density at radius 2 is 2.06 bits per heavy atom. The number of halogens is 1. The zero-order valence-electron chi connectivity index (χ0n) is 10.5. The van der Waals surface area contributed by atoms with Crippen molar-refractivity contribution in [2.45, 2.75) is 38.8 Å². The summed E-state index contributed by atoms with van der Waals surface area (Å²) >= 11 is 0. The second-order valence-electron chi connectivity index (χ2n) is 5.33. The van der Waals surface area contributed by atoms with Crippen molar-refractivity contribution in [1.29, 1.82) is 0 Å². The highest BCUT2D eigenvalue weighted by atomic mass is 35.5. The van der Waals surface area contributed by atoms with Crippen LogP contribution in [0.4, 0.5) is 0 Å². The molecule has 0 aromatic heterocycles. The van der Waals surface area contributed by atoms with Crippen LogP contribution in [-0.4, -0.2) is 43.4 Å². The third-order valence-electron chi connectivity index (χ3n) is 3.61. The Kier molecular flexibility index (Phi) is 5.51. The number of hydrogen-bond donors (Lipinski definition) is 1. The molecule has 2 atom stereocenters. The van der Waals surface area contributed by atoms with E-state index in [9.17, 15) is 0 Å². The lowest BCUT2D eigenvalue weighted by molar-refractivity contribution is -0.108. The molecule has 4 heteroatoms. The average Bonchev–Trinajstić information content (AvgIpc) is 2.73. The first-order valence-corrected chi connectivity index (χ1v) is 6.29. The Hall–Kier alpha value is 0.170. The van der Waals surface area contributed by atoms with E-state index in [2.05, 4.69) is 24.1 Å². The summed E-state index contributed by atoms with van der Waals surface area (Å²) < 4.78 is 5.90. The van der Waals surface area contributed by atoms with Gasteiger partial charge in [-0.3, -0.25) is 5.32 Å². The second-order valence-corrected chi connectivity index (χ2v) is 5.33. The van der Waals surface area contributed by atoms with E-state index in [4.69, 9.17) is 4.74 Å². The molecule has 3 nitrogen and oxygen atoms in total. The summed E-state index contributed by atoms with van der Waals surface area (Å²) in [5.74, 6) is 0.657. The quantitative estimate of drug-likeness (QED) is 0.825. The predicted molar refractivity (Wildman–Crippen MR) is 69.1 cm³/mol. The van der Waals surface area contributed by atoms with Crippen molar-refractivity contribution < 1.29 is 4.74 Å². The largest absolute Gasteiger partial charge is 0.361 e. The van der Waals surface area contributed by atoms with Crippen molar-refractivity contribution in [3.05, 3.63) is 0 Å². The van der Waals surface area contributed by atoms with Gasteiger partial charge in [0.1, 0.15) is 5.72 Å². The molecule has 2 unspecified atom stereocenters. The van der Waals surface area contributed by atoms with Crippen LogP contribution in [0.15, 0.2) is 0 Å². The molecule has 0 saturated carbocycles. The van der Waals surface area contributed by atoms with Gasteiger partial charge < -0.3 is 9.64 Å². The minimum Gasteiger partial charge on any atom is -0.361 e. The summed E-state index contributed by atoms with van der Waals surface area (Å²) in [6.45, 7) is 10.2. The van der Waals surface area contributed by atoms with Gasteiger partial charge in [0.25, 0.3) is 0 Å². The Morgan fingerprint density at radius 3 is 2.62 bits per heavy atom. The Morgan fingerprint density at radius 1 is 1.38 bits per heavy atom. The monoisotopic (exact) mass is 248 g/mol. The third-order valence-corrected chi connectivity index (χ3v) is 3.61. The van der Waals surface area contributed by atoms with Gasteiger partial charge in [-0.1, -0.05) is 6.92 Å². The summed E-state index contributed by atoms with van der Waals surface area (Å²) in [5.41, 5.74) is -0.0743. The zero-order chi connectivity index (χ0) is 10.7. The van der Waals surface area contributed by atoms with Crippen molar-refractivity contribution in [3.63, 3.8) is 0 Å². The second kappa shape index (κ2) is 6.20. The van der Waals surface area contributed by atoms with E-state index in [0.29, 0.717) is 5.92 Å². The minimum absolute atomic E-state index is 0. The first kappa shape index (κ1) is 14.2. The Bertz CT molecular complexity index is 199.